The Bertz CT molecular complexity index is 926. The number of hydrogen-bond acceptors (Lipinski definition) is 7. The summed E-state index contributed by atoms with van der Waals surface area (Å²) in [6.45, 7) is 3.56. The van der Waals surface area contributed by atoms with Crippen LogP contribution in [0.2, 0.25) is 0 Å². The zero-order chi connectivity index (χ0) is 20.4. The van der Waals surface area contributed by atoms with Crippen LogP contribution >= 0.6 is 0 Å². The van der Waals surface area contributed by atoms with E-state index in [4.69, 9.17) is 15.2 Å². The lowest BCUT2D eigenvalue weighted by molar-refractivity contribution is 0.0937. The molecule has 0 radical (unpaired) electrons. The van der Waals surface area contributed by atoms with Gasteiger partial charge < -0.3 is 15.2 Å². The molecule has 0 aliphatic carbocycles. The molecular formula is C18H26N6O4S. The van der Waals surface area contributed by atoms with E-state index >= 15 is 0 Å². The summed E-state index contributed by atoms with van der Waals surface area (Å²) in [4.78, 5) is 8.13. The van der Waals surface area contributed by atoms with Crippen molar-refractivity contribution in [1.82, 2.24) is 14.5 Å². The van der Waals surface area contributed by atoms with Crippen LogP contribution in [0.5, 0.6) is 11.5 Å². The van der Waals surface area contributed by atoms with Crippen LogP contribution in [-0.4, -0.2) is 69.5 Å². The molecule has 10 nitrogen and oxygen atoms in total. The number of rotatable bonds is 4. The van der Waals surface area contributed by atoms with Gasteiger partial charge in [-0.3, -0.25) is 9.80 Å². The van der Waals surface area contributed by atoms with Gasteiger partial charge in [-0.1, -0.05) is 18.6 Å². The summed E-state index contributed by atoms with van der Waals surface area (Å²) in [5.41, 5.74) is 6.73. The van der Waals surface area contributed by atoms with E-state index in [2.05, 4.69) is 25.1 Å². The first-order chi connectivity index (χ1) is 13.9. The lowest BCUT2D eigenvalue weighted by atomic mass is 10.1. The fraction of sp³-hybridized carbons (Fsp3) is 0.556. The first-order valence-electron chi connectivity index (χ1n) is 9.71. The van der Waals surface area contributed by atoms with Crippen LogP contribution in [0.1, 0.15) is 24.8 Å². The molecule has 1 saturated heterocycles. The molecule has 1 atom stereocenters. The average Bonchev–Trinajstić information content (AvgIpc) is 2.70. The van der Waals surface area contributed by atoms with Gasteiger partial charge in [0.05, 0.1) is 6.54 Å². The molecule has 0 saturated carbocycles. The van der Waals surface area contributed by atoms with Gasteiger partial charge in [-0.15, -0.1) is 4.40 Å². The SMILES string of the molecule is CN1C(N)=NS(=O)(=O)NC1=NCC1COc2cccc(CN3CCCCC3)c2O1. The van der Waals surface area contributed by atoms with E-state index in [-0.39, 0.29) is 24.6 Å². The second-order valence-corrected chi connectivity index (χ2v) is 8.72. The Balaban J connectivity index is 1.46. The van der Waals surface area contributed by atoms with Crippen LogP contribution in [0.4, 0.5) is 0 Å². The number of hydrogen-bond donors (Lipinski definition) is 2. The zero-order valence-electron chi connectivity index (χ0n) is 16.4. The van der Waals surface area contributed by atoms with Crippen molar-refractivity contribution in [1.29, 1.82) is 0 Å². The fourth-order valence-electron chi connectivity index (χ4n) is 3.59. The largest absolute Gasteiger partial charge is 0.486 e. The third kappa shape index (κ3) is 4.56. The van der Waals surface area contributed by atoms with Gasteiger partial charge in [-0.05, 0) is 32.0 Å². The van der Waals surface area contributed by atoms with Gasteiger partial charge in [0.2, 0.25) is 11.9 Å². The van der Waals surface area contributed by atoms with Crippen LogP contribution in [0.3, 0.4) is 0 Å². The van der Waals surface area contributed by atoms with Crippen LogP contribution in [0.15, 0.2) is 27.6 Å². The number of likely N-dealkylation sites (tertiary alicyclic amines) is 1. The number of nitrogens with zero attached hydrogens (tertiary/aromatic N) is 4. The topological polar surface area (TPSA) is 122 Å². The molecule has 1 aromatic rings. The minimum Gasteiger partial charge on any atom is -0.486 e. The van der Waals surface area contributed by atoms with E-state index in [9.17, 15) is 8.42 Å². The predicted molar refractivity (Wildman–Crippen MR) is 109 cm³/mol. The van der Waals surface area contributed by atoms with Gasteiger partial charge >= 0.3 is 10.2 Å². The van der Waals surface area contributed by atoms with Gasteiger partial charge in [0.1, 0.15) is 6.61 Å². The molecule has 1 unspecified atom stereocenters. The van der Waals surface area contributed by atoms with Crippen molar-refractivity contribution >= 4 is 22.1 Å². The third-order valence-corrected chi connectivity index (χ3v) is 6.02. The van der Waals surface area contributed by atoms with Crippen molar-refractivity contribution in [3.63, 3.8) is 0 Å². The number of para-hydroxylation sites is 1. The third-order valence-electron chi connectivity index (χ3n) is 5.15. The van der Waals surface area contributed by atoms with E-state index in [1.807, 2.05) is 12.1 Å². The van der Waals surface area contributed by atoms with E-state index in [0.29, 0.717) is 6.61 Å². The number of fused-ring (bicyclic) bond motifs is 1. The highest BCUT2D eigenvalue weighted by atomic mass is 32.2. The average molecular weight is 423 g/mol. The second-order valence-electron chi connectivity index (χ2n) is 7.38. The molecule has 1 aromatic carbocycles. The first-order valence-corrected chi connectivity index (χ1v) is 11.2. The van der Waals surface area contributed by atoms with Crippen LogP contribution < -0.4 is 19.9 Å². The van der Waals surface area contributed by atoms with E-state index < -0.39 is 10.2 Å². The van der Waals surface area contributed by atoms with Gasteiger partial charge in [0.25, 0.3) is 0 Å². The molecule has 0 spiro atoms. The number of benzene rings is 1. The Kier molecular flexibility index (Phi) is 5.50. The quantitative estimate of drug-likeness (QED) is 0.714. The number of nitrogens with one attached hydrogen (secondary N) is 1. The summed E-state index contributed by atoms with van der Waals surface area (Å²) in [5, 5.41) is 0. The molecule has 3 N–H and O–H groups in total. The highest BCUT2D eigenvalue weighted by Crippen LogP contribution is 2.36. The lowest BCUT2D eigenvalue weighted by Crippen LogP contribution is -2.52. The second kappa shape index (κ2) is 8.07. The fourth-order valence-corrected chi connectivity index (χ4v) is 4.44. The standard InChI is InChI=1S/C18H26N6O4S/c1-23-17(19)21-29(25,26)22-18(23)20-10-14-12-27-15-7-5-6-13(16(15)28-14)11-24-8-3-2-4-9-24/h5-7,14H,2-4,8-12H2,1H3,(H2,19,21)(H,20,22). The monoisotopic (exact) mass is 422 g/mol. The molecule has 0 bridgehead atoms. The normalized spacial score (nSPS) is 25.4. The Morgan fingerprint density at radius 1 is 1.31 bits per heavy atom. The van der Waals surface area contributed by atoms with Crippen molar-refractivity contribution in [2.75, 3.05) is 33.3 Å². The number of piperidine rings is 1. The van der Waals surface area contributed by atoms with Crippen molar-refractivity contribution in [3.8, 4) is 11.5 Å². The molecule has 1 fully saturated rings. The summed E-state index contributed by atoms with van der Waals surface area (Å²) in [7, 11) is -2.29. The maximum atomic E-state index is 11.7. The van der Waals surface area contributed by atoms with Crippen LogP contribution in [0, 0.1) is 0 Å². The maximum absolute atomic E-state index is 11.7. The highest BCUT2D eigenvalue weighted by molar-refractivity contribution is 7.89. The highest BCUT2D eigenvalue weighted by Gasteiger charge is 2.27. The number of nitrogens with two attached hydrogens (primary N) is 1. The molecule has 4 rings (SSSR count). The van der Waals surface area contributed by atoms with E-state index in [1.165, 1.54) is 24.2 Å². The molecule has 3 aliphatic rings. The van der Waals surface area contributed by atoms with Crippen molar-refractivity contribution in [3.05, 3.63) is 23.8 Å². The summed E-state index contributed by atoms with van der Waals surface area (Å²) in [5.74, 6) is 1.44. The van der Waals surface area contributed by atoms with Crippen LogP contribution in [-0.2, 0) is 16.8 Å². The molecular weight excluding hydrogens is 396 g/mol. The molecule has 3 aliphatic heterocycles. The van der Waals surface area contributed by atoms with E-state index in [1.54, 1.807) is 7.05 Å². The predicted octanol–water partition coefficient (Wildman–Crippen LogP) is 0.263. The first kappa shape index (κ1) is 19.8. The lowest BCUT2D eigenvalue weighted by Gasteiger charge is -2.31. The van der Waals surface area contributed by atoms with Crippen LogP contribution in [0.25, 0.3) is 0 Å². The zero-order valence-corrected chi connectivity index (χ0v) is 17.2. The maximum Gasteiger partial charge on any atom is 0.347 e. The Hall–Kier alpha value is -2.53. The summed E-state index contributed by atoms with van der Waals surface area (Å²) in [6.07, 6.45) is 3.40. The van der Waals surface area contributed by atoms with Crippen molar-refractivity contribution < 1.29 is 17.9 Å². The van der Waals surface area contributed by atoms with Crippen molar-refractivity contribution in [2.24, 2.45) is 15.1 Å². The molecule has 3 heterocycles. The van der Waals surface area contributed by atoms with Crippen molar-refractivity contribution in [2.45, 2.75) is 31.9 Å². The number of aliphatic imine (C=N–C) groups is 1. The summed E-state index contributed by atoms with van der Waals surface area (Å²) >= 11 is 0. The molecule has 0 aromatic heterocycles. The van der Waals surface area contributed by atoms with Gasteiger partial charge in [0, 0.05) is 19.2 Å². The number of guanidine groups is 2. The smallest absolute Gasteiger partial charge is 0.347 e. The Labute approximate surface area is 170 Å². The molecule has 158 valence electrons. The van der Waals surface area contributed by atoms with Gasteiger partial charge in [-0.2, -0.15) is 8.42 Å². The minimum absolute atomic E-state index is 0.105. The Morgan fingerprint density at radius 2 is 2.10 bits per heavy atom. The summed E-state index contributed by atoms with van der Waals surface area (Å²) < 4.78 is 41.2. The van der Waals surface area contributed by atoms with Gasteiger partial charge in [0.15, 0.2) is 17.6 Å². The van der Waals surface area contributed by atoms with Gasteiger partial charge in [-0.25, -0.2) is 9.71 Å². The molecule has 11 heteroatoms. The minimum atomic E-state index is -3.88. The molecule has 0 amide bonds. The summed E-state index contributed by atoms with van der Waals surface area (Å²) in [6, 6.07) is 5.94. The number of ether oxygens (including phenoxy) is 2. The Morgan fingerprint density at radius 3 is 2.90 bits per heavy atom. The molecule has 29 heavy (non-hydrogen) atoms. The van der Waals surface area contributed by atoms with E-state index in [0.717, 1.165) is 36.7 Å².